The molecule has 1 N–H and O–H groups in total. The van der Waals surface area contributed by atoms with Crippen LogP contribution in [0.25, 0.3) is 0 Å². The lowest BCUT2D eigenvalue weighted by Crippen LogP contribution is -2.36. The summed E-state index contributed by atoms with van der Waals surface area (Å²) in [6.07, 6.45) is 2.63. The average Bonchev–Trinajstić information content (AvgIpc) is 3.03. The molecule has 2 aromatic rings. The summed E-state index contributed by atoms with van der Waals surface area (Å²) in [7, 11) is 0. The number of amides is 1. The van der Waals surface area contributed by atoms with Crippen molar-refractivity contribution in [2.45, 2.75) is 0 Å². The van der Waals surface area contributed by atoms with Gasteiger partial charge in [-0.3, -0.25) is 4.79 Å². The maximum Gasteiger partial charge on any atom is 0.293 e. The number of carbonyl (C=O) groups is 1. The number of hydrogen-bond donors (Lipinski definition) is 1. The zero-order valence-corrected chi connectivity index (χ0v) is 10.9. The van der Waals surface area contributed by atoms with E-state index in [0.717, 1.165) is 24.5 Å². The van der Waals surface area contributed by atoms with E-state index in [1.54, 1.807) is 0 Å². The van der Waals surface area contributed by atoms with Gasteiger partial charge in [-0.25, -0.2) is 4.98 Å². The van der Waals surface area contributed by atoms with Gasteiger partial charge in [-0.1, -0.05) is 12.1 Å². The minimum Gasteiger partial charge on any atom is -0.438 e. The predicted octanol–water partition coefficient (Wildman–Crippen LogP) is 1.76. The first-order valence-electron chi connectivity index (χ1n) is 6.46. The summed E-state index contributed by atoms with van der Waals surface area (Å²) in [6.45, 7) is 3.03. The average molecular weight is 273 g/mol. The molecule has 6 nitrogen and oxygen atoms in total. The van der Waals surface area contributed by atoms with E-state index < -0.39 is 0 Å². The van der Waals surface area contributed by atoms with Gasteiger partial charge in [-0.15, -0.1) is 0 Å². The van der Waals surface area contributed by atoms with E-state index in [-0.39, 0.29) is 11.7 Å². The Kier molecular flexibility index (Phi) is 3.64. The molecule has 3 rings (SSSR count). The van der Waals surface area contributed by atoms with Crippen LogP contribution in [0, 0.1) is 0 Å². The minimum atomic E-state index is -0.303. The molecule has 0 unspecified atom stereocenters. The predicted molar refractivity (Wildman–Crippen MR) is 73.9 cm³/mol. The summed E-state index contributed by atoms with van der Waals surface area (Å²) in [5.41, 5.74) is 1.75. The van der Waals surface area contributed by atoms with Gasteiger partial charge in [0.2, 0.25) is 5.76 Å². The van der Waals surface area contributed by atoms with Crippen molar-refractivity contribution in [2.24, 2.45) is 0 Å². The highest BCUT2D eigenvalue weighted by Gasteiger charge is 2.17. The van der Waals surface area contributed by atoms with E-state index in [0.29, 0.717) is 13.2 Å². The lowest BCUT2D eigenvalue weighted by Gasteiger charge is -2.30. The first kappa shape index (κ1) is 12.7. The minimum absolute atomic E-state index is 0.196. The number of ether oxygens (including phenoxy) is 1. The van der Waals surface area contributed by atoms with Crippen LogP contribution in [0.1, 0.15) is 10.6 Å². The number of nitrogens with one attached hydrogen (secondary N) is 1. The van der Waals surface area contributed by atoms with Gasteiger partial charge in [-0.05, 0) is 12.1 Å². The third-order valence-electron chi connectivity index (χ3n) is 3.16. The molecule has 0 bridgehead atoms. The largest absolute Gasteiger partial charge is 0.438 e. The van der Waals surface area contributed by atoms with Crippen molar-refractivity contribution in [1.82, 2.24) is 4.98 Å². The molecule has 1 amide bonds. The standard InChI is InChI=1S/C14H15N3O3/c18-14(13-9-15-10-20-13)16-11-3-1-2-4-12(11)17-5-7-19-8-6-17/h1-4,9-10H,5-8H2,(H,16,18). The molecule has 1 fully saturated rings. The molecule has 0 saturated carbocycles. The fourth-order valence-electron chi connectivity index (χ4n) is 2.17. The van der Waals surface area contributed by atoms with Gasteiger partial charge >= 0.3 is 0 Å². The number of morpholine rings is 1. The van der Waals surface area contributed by atoms with E-state index in [9.17, 15) is 4.79 Å². The summed E-state index contributed by atoms with van der Waals surface area (Å²) in [6, 6.07) is 7.70. The third-order valence-corrected chi connectivity index (χ3v) is 3.16. The van der Waals surface area contributed by atoms with Gasteiger partial charge < -0.3 is 19.4 Å². The maximum atomic E-state index is 12.0. The monoisotopic (exact) mass is 273 g/mol. The Balaban J connectivity index is 1.80. The Hall–Kier alpha value is -2.34. The van der Waals surface area contributed by atoms with Gasteiger partial charge in [-0.2, -0.15) is 0 Å². The van der Waals surface area contributed by atoms with Crippen LogP contribution in [0.15, 0.2) is 41.3 Å². The fourth-order valence-corrected chi connectivity index (χ4v) is 2.17. The smallest absolute Gasteiger partial charge is 0.293 e. The number of oxazole rings is 1. The SMILES string of the molecule is O=C(Nc1ccccc1N1CCOCC1)c1cnco1. The van der Waals surface area contributed by atoms with Gasteiger partial charge in [0, 0.05) is 13.1 Å². The zero-order chi connectivity index (χ0) is 13.8. The second-order valence-corrected chi connectivity index (χ2v) is 4.44. The topological polar surface area (TPSA) is 67.6 Å². The maximum absolute atomic E-state index is 12.0. The Bertz CT molecular complexity index is 577. The summed E-state index contributed by atoms with van der Waals surface area (Å²) in [5, 5.41) is 2.86. The van der Waals surface area contributed by atoms with Crippen LogP contribution >= 0.6 is 0 Å². The van der Waals surface area contributed by atoms with Crippen molar-refractivity contribution in [3.63, 3.8) is 0 Å². The highest BCUT2D eigenvalue weighted by Crippen LogP contribution is 2.26. The molecule has 0 aliphatic carbocycles. The molecule has 1 saturated heterocycles. The quantitative estimate of drug-likeness (QED) is 0.923. The first-order chi connectivity index (χ1) is 9.84. The molecule has 1 aromatic carbocycles. The van der Waals surface area contributed by atoms with Crippen molar-refractivity contribution < 1.29 is 13.9 Å². The highest BCUT2D eigenvalue weighted by atomic mass is 16.5. The molecule has 0 atom stereocenters. The van der Waals surface area contributed by atoms with E-state index in [1.165, 1.54) is 12.6 Å². The summed E-state index contributed by atoms with van der Waals surface area (Å²) < 4.78 is 10.3. The van der Waals surface area contributed by atoms with Crippen molar-refractivity contribution in [3.05, 3.63) is 42.6 Å². The lowest BCUT2D eigenvalue weighted by atomic mass is 10.2. The molecular weight excluding hydrogens is 258 g/mol. The lowest BCUT2D eigenvalue weighted by molar-refractivity contribution is 0.0996. The number of carbonyl (C=O) groups excluding carboxylic acids is 1. The van der Waals surface area contributed by atoms with E-state index in [1.807, 2.05) is 24.3 Å². The third kappa shape index (κ3) is 2.65. The van der Waals surface area contributed by atoms with Crippen LogP contribution < -0.4 is 10.2 Å². The van der Waals surface area contributed by atoms with Crippen LogP contribution in [-0.4, -0.2) is 37.2 Å². The summed E-state index contributed by atoms with van der Waals surface area (Å²) in [5.74, 6) is -0.106. The number of para-hydroxylation sites is 2. The second-order valence-electron chi connectivity index (χ2n) is 4.44. The van der Waals surface area contributed by atoms with Crippen LogP contribution in [0.2, 0.25) is 0 Å². The second kappa shape index (κ2) is 5.75. The number of aromatic nitrogens is 1. The number of anilines is 2. The van der Waals surface area contributed by atoms with Gasteiger partial charge in [0.1, 0.15) is 0 Å². The van der Waals surface area contributed by atoms with Crippen molar-refractivity contribution in [2.75, 3.05) is 36.5 Å². The van der Waals surface area contributed by atoms with Crippen LogP contribution in [-0.2, 0) is 4.74 Å². The zero-order valence-electron chi connectivity index (χ0n) is 10.9. The summed E-state index contributed by atoms with van der Waals surface area (Å²) in [4.78, 5) is 18.0. The molecular formula is C14H15N3O3. The number of hydrogen-bond acceptors (Lipinski definition) is 5. The Morgan fingerprint density at radius 2 is 2.05 bits per heavy atom. The number of nitrogens with zero attached hydrogens (tertiary/aromatic N) is 2. The molecule has 1 aromatic heterocycles. The van der Waals surface area contributed by atoms with Crippen LogP contribution in [0.3, 0.4) is 0 Å². The normalized spacial score (nSPS) is 15.1. The first-order valence-corrected chi connectivity index (χ1v) is 6.46. The van der Waals surface area contributed by atoms with Gasteiger partial charge in [0.05, 0.1) is 30.8 Å². The molecule has 20 heavy (non-hydrogen) atoms. The highest BCUT2D eigenvalue weighted by molar-refractivity contribution is 6.03. The summed E-state index contributed by atoms with van der Waals surface area (Å²) >= 11 is 0. The fraction of sp³-hybridized carbons (Fsp3) is 0.286. The Morgan fingerprint density at radius 1 is 1.25 bits per heavy atom. The van der Waals surface area contributed by atoms with E-state index >= 15 is 0 Å². The Labute approximate surface area is 116 Å². The molecule has 1 aliphatic heterocycles. The molecule has 104 valence electrons. The molecule has 2 heterocycles. The van der Waals surface area contributed by atoms with Crippen LogP contribution in [0.4, 0.5) is 11.4 Å². The van der Waals surface area contributed by atoms with Crippen molar-refractivity contribution in [3.8, 4) is 0 Å². The van der Waals surface area contributed by atoms with Crippen molar-refractivity contribution in [1.29, 1.82) is 0 Å². The number of benzene rings is 1. The number of rotatable bonds is 3. The molecule has 0 spiro atoms. The molecule has 0 radical (unpaired) electrons. The van der Waals surface area contributed by atoms with Crippen LogP contribution in [0.5, 0.6) is 0 Å². The Morgan fingerprint density at radius 3 is 2.80 bits per heavy atom. The van der Waals surface area contributed by atoms with E-state index in [2.05, 4.69) is 15.2 Å². The van der Waals surface area contributed by atoms with Gasteiger partial charge in [0.25, 0.3) is 5.91 Å². The van der Waals surface area contributed by atoms with E-state index in [4.69, 9.17) is 9.15 Å². The molecule has 1 aliphatic rings. The van der Waals surface area contributed by atoms with Crippen molar-refractivity contribution >= 4 is 17.3 Å². The van der Waals surface area contributed by atoms with Gasteiger partial charge in [0.15, 0.2) is 6.39 Å². The molecule has 6 heteroatoms.